The Kier molecular flexibility index (Phi) is 4.17. The van der Waals surface area contributed by atoms with Gasteiger partial charge in [-0.1, -0.05) is 24.3 Å². The van der Waals surface area contributed by atoms with E-state index in [2.05, 4.69) is 23.5 Å². The van der Waals surface area contributed by atoms with E-state index in [1.165, 1.54) is 5.56 Å². The van der Waals surface area contributed by atoms with Gasteiger partial charge in [-0.05, 0) is 30.5 Å². The first kappa shape index (κ1) is 11.7. The van der Waals surface area contributed by atoms with E-state index in [0.717, 1.165) is 25.1 Å². The lowest BCUT2D eigenvalue weighted by Gasteiger charge is -2.12. The minimum atomic E-state index is 0.101. The fraction of sp³-hybridized carbons (Fsp3) is 0.357. The van der Waals surface area contributed by atoms with Crippen LogP contribution in [0.15, 0.2) is 36.4 Å². The molecule has 1 aliphatic rings. The first-order valence-corrected chi connectivity index (χ1v) is 5.85. The summed E-state index contributed by atoms with van der Waals surface area (Å²) in [4.78, 5) is 0. The molecule has 1 aliphatic carbocycles. The van der Waals surface area contributed by atoms with Crippen molar-refractivity contribution in [3.05, 3.63) is 42.0 Å². The van der Waals surface area contributed by atoms with Crippen molar-refractivity contribution >= 4 is 0 Å². The number of benzene rings is 1. The van der Waals surface area contributed by atoms with Crippen molar-refractivity contribution in [1.82, 2.24) is 5.32 Å². The predicted molar refractivity (Wildman–Crippen MR) is 66.6 cm³/mol. The van der Waals surface area contributed by atoms with Gasteiger partial charge in [0.1, 0.15) is 11.8 Å². The molecule has 1 aromatic rings. The molecule has 1 N–H and O–H groups in total. The smallest absolute Gasteiger partial charge is 0.174 e. The van der Waals surface area contributed by atoms with Crippen molar-refractivity contribution in [2.75, 3.05) is 6.61 Å². The van der Waals surface area contributed by atoms with Gasteiger partial charge in [-0.2, -0.15) is 5.26 Å². The lowest BCUT2D eigenvalue weighted by atomic mass is 10.2. The Hall–Kier alpha value is -1.79. The van der Waals surface area contributed by atoms with Gasteiger partial charge < -0.3 is 10.1 Å². The van der Waals surface area contributed by atoms with Crippen LogP contribution in [0.1, 0.15) is 18.4 Å². The van der Waals surface area contributed by atoms with Crippen LogP contribution in [0.4, 0.5) is 0 Å². The molecule has 0 bridgehead atoms. The van der Waals surface area contributed by atoms with Crippen LogP contribution in [0.2, 0.25) is 0 Å². The average molecular weight is 228 g/mol. The summed E-state index contributed by atoms with van der Waals surface area (Å²) in [6.45, 7) is 0.944. The van der Waals surface area contributed by atoms with Crippen LogP contribution in [-0.2, 0) is 6.54 Å². The van der Waals surface area contributed by atoms with Crippen molar-refractivity contribution in [3.63, 3.8) is 0 Å². The summed E-state index contributed by atoms with van der Waals surface area (Å²) in [6.07, 6.45) is 6.66. The third-order valence-electron chi connectivity index (χ3n) is 2.80. The van der Waals surface area contributed by atoms with Gasteiger partial charge in [0.2, 0.25) is 0 Å². The van der Waals surface area contributed by atoms with Gasteiger partial charge in [0.05, 0.1) is 0 Å². The molecule has 0 saturated heterocycles. The van der Waals surface area contributed by atoms with Crippen LogP contribution < -0.4 is 10.1 Å². The maximum absolute atomic E-state index is 8.45. The fourth-order valence-corrected chi connectivity index (χ4v) is 1.91. The molecule has 0 saturated carbocycles. The van der Waals surface area contributed by atoms with E-state index in [4.69, 9.17) is 10.00 Å². The third kappa shape index (κ3) is 3.61. The van der Waals surface area contributed by atoms with E-state index in [9.17, 15) is 0 Å². The normalized spacial score (nSPS) is 14.8. The molecule has 3 nitrogen and oxygen atoms in total. The zero-order chi connectivity index (χ0) is 11.9. The summed E-state index contributed by atoms with van der Waals surface area (Å²) in [5.41, 5.74) is 1.19. The third-order valence-corrected chi connectivity index (χ3v) is 2.80. The highest BCUT2D eigenvalue weighted by atomic mass is 16.5. The largest absolute Gasteiger partial charge is 0.479 e. The molecule has 0 fully saturated rings. The number of rotatable bonds is 5. The highest BCUT2D eigenvalue weighted by Gasteiger charge is 2.08. The molecule has 1 aromatic carbocycles. The summed E-state index contributed by atoms with van der Waals surface area (Å²) in [6, 6.07) is 10.4. The molecule has 0 aliphatic heterocycles. The van der Waals surface area contributed by atoms with Crippen LogP contribution in [-0.4, -0.2) is 12.6 Å². The molecule has 0 radical (unpaired) electrons. The van der Waals surface area contributed by atoms with Gasteiger partial charge >= 0.3 is 0 Å². The van der Waals surface area contributed by atoms with E-state index < -0.39 is 0 Å². The summed E-state index contributed by atoms with van der Waals surface area (Å²) >= 11 is 0. The number of nitrogens with zero attached hydrogens (tertiary/aromatic N) is 1. The van der Waals surface area contributed by atoms with Crippen LogP contribution in [0.3, 0.4) is 0 Å². The maximum atomic E-state index is 8.45. The molecule has 17 heavy (non-hydrogen) atoms. The van der Waals surface area contributed by atoms with Gasteiger partial charge in [0.25, 0.3) is 0 Å². The Labute approximate surface area is 102 Å². The Morgan fingerprint density at radius 2 is 2.18 bits per heavy atom. The zero-order valence-corrected chi connectivity index (χ0v) is 9.73. The summed E-state index contributed by atoms with van der Waals surface area (Å²) < 4.78 is 5.27. The maximum Gasteiger partial charge on any atom is 0.174 e. The van der Waals surface area contributed by atoms with Gasteiger partial charge in [-0.3, -0.25) is 0 Å². The molecule has 0 heterocycles. The fourth-order valence-electron chi connectivity index (χ4n) is 1.91. The first-order chi connectivity index (χ1) is 8.38. The molecule has 2 rings (SSSR count). The van der Waals surface area contributed by atoms with Crippen molar-refractivity contribution in [2.24, 2.45) is 0 Å². The Morgan fingerprint density at radius 1 is 1.35 bits per heavy atom. The number of nitrogens with one attached hydrogen (secondary N) is 1. The summed E-state index contributed by atoms with van der Waals surface area (Å²) in [7, 11) is 0. The molecule has 3 heteroatoms. The Balaban J connectivity index is 1.85. The van der Waals surface area contributed by atoms with E-state index in [1.807, 2.05) is 24.3 Å². The Morgan fingerprint density at radius 3 is 2.94 bits per heavy atom. The summed E-state index contributed by atoms with van der Waals surface area (Å²) in [5.74, 6) is 0.760. The minimum absolute atomic E-state index is 0.101. The molecule has 0 atom stereocenters. The quantitative estimate of drug-likeness (QED) is 0.787. The first-order valence-electron chi connectivity index (χ1n) is 5.85. The number of nitriles is 1. The van der Waals surface area contributed by atoms with Crippen LogP contribution in [0, 0.1) is 11.3 Å². The van der Waals surface area contributed by atoms with Gasteiger partial charge in [-0.25, -0.2) is 0 Å². The second-order valence-corrected chi connectivity index (χ2v) is 4.11. The van der Waals surface area contributed by atoms with E-state index in [0.29, 0.717) is 6.04 Å². The second kappa shape index (κ2) is 6.07. The lowest BCUT2D eigenvalue weighted by Crippen LogP contribution is -2.25. The van der Waals surface area contributed by atoms with Gasteiger partial charge in [-0.15, -0.1) is 0 Å². The number of hydrogen-bond acceptors (Lipinski definition) is 3. The van der Waals surface area contributed by atoms with Crippen molar-refractivity contribution in [3.8, 4) is 11.8 Å². The molecule has 0 aromatic heterocycles. The highest BCUT2D eigenvalue weighted by Crippen LogP contribution is 2.14. The van der Waals surface area contributed by atoms with Crippen LogP contribution in [0.25, 0.3) is 0 Å². The molecule has 0 unspecified atom stereocenters. The molecule has 0 amide bonds. The monoisotopic (exact) mass is 228 g/mol. The highest BCUT2D eigenvalue weighted by molar-refractivity contribution is 5.28. The zero-order valence-electron chi connectivity index (χ0n) is 9.73. The average Bonchev–Trinajstić information content (AvgIpc) is 2.87. The second-order valence-electron chi connectivity index (χ2n) is 4.11. The molecular formula is C14H16N2O. The lowest BCUT2D eigenvalue weighted by molar-refractivity contribution is 0.367. The number of hydrogen-bond donors (Lipinski definition) is 1. The van der Waals surface area contributed by atoms with E-state index in [-0.39, 0.29) is 6.61 Å². The molecule has 0 spiro atoms. The Bertz CT molecular complexity index is 426. The molecular weight excluding hydrogens is 212 g/mol. The van der Waals surface area contributed by atoms with E-state index in [1.54, 1.807) is 0 Å². The van der Waals surface area contributed by atoms with Crippen molar-refractivity contribution in [2.45, 2.75) is 25.4 Å². The summed E-state index contributed by atoms with van der Waals surface area (Å²) in [5, 5.41) is 11.9. The minimum Gasteiger partial charge on any atom is -0.479 e. The van der Waals surface area contributed by atoms with Crippen LogP contribution in [0.5, 0.6) is 5.75 Å². The van der Waals surface area contributed by atoms with E-state index >= 15 is 0 Å². The molecule has 88 valence electrons. The van der Waals surface area contributed by atoms with Gasteiger partial charge in [0, 0.05) is 12.6 Å². The topological polar surface area (TPSA) is 45.0 Å². The SMILES string of the molecule is N#CCOc1cccc(CNC2CC=CC2)c1. The van der Waals surface area contributed by atoms with Crippen LogP contribution >= 0.6 is 0 Å². The van der Waals surface area contributed by atoms with Crippen molar-refractivity contribution in [1.29, 1.82) is 5.26 Å². The predicted octanol–water partition coefficient (Wildman–Crippen LogP) is 2.40. The van der Waals surface area contributed by atoms with Crippen molar-refractivity contribution < 1.29 is 4.74 Å². The standard InChI is InChI=1S/C14H16N2O/c15-8-9-17-14-7-3-4-12(10-14)11-16-13-5-1-2-6-13/h1-4,7,10,13,16H,5-6,9,11H2. The number of ether oxygens (including phenoxy) is 1. The van der Waals surface area contributed by atoms with Gasteiger partial charge in [0.15, 0.2) is 6.61 Å².